The highest BCUT2D eigenvalue weighted by Gasteiger charge is 2.12. The van der Waals surface area contributed by atoms with Crippen LogP contribution in [0.15, 0.2) is 29.4 Å². The minimum absolute atomic E-state index is 0.112. The molecule has 0 atom stereocenters. The molecule has 1 aromatic rings. The van der Waals surface area contributed by atoms with Crippen LogP contribution in [-0.4, -0.2) is 39.4 Å². The number of carbonyl (C=O) groups is 2. The summed E-state index contributed by atoms with van der Waals surface area (Å²) >= 11 is 4.62. The highest BCUT2D eigenvalue weighted by Crippen LogP contribution is 2.13. The van der Waals surface area contributed by atoms with Crippen molar-refractivity contribution in [3.05, 3.63) is 39.9 Å². The lowest BCUT2D eigenvalue weighted by atomic mass is 10.1. The molecule has 0 aromatic heterocycles. The maximum Gasteiger partial charge on any atom is 0.306 e. The Labute approximate surface area is 141 Å². The van der Waals surface area contributed by atoms with Gasteiger partial charge in [-0.05, 0) is 24.4 Å². The second-order valence-corrected chi connectivity index (χ2v) is 4.83. The van der Waals surface area contributed by atoms with Crippen molar-refractivity contribution in [3.63, 3.8) is 0 Å². The lowest BCUT2D eigenvalue weighted by molar-refractivity contribution is -0.384. The first-order valence-corrected chi connectivity index (χ1v) is 6.94. The van der Waals surface area contributed by atoms with Crippen LogP contribution in [-0.2, 0) is 14.3 Å². The van der Waals surface area contributed by atoms with E-state index in [1.54, 1.807) is 0 Å². The van der Waals surface area contributed by atoms with Gasteiger partial charge in [0.15, 0.2) is 5.11 Å². The third kappa shape index (κ3) is 6.79. The Morgan fingerprint density at radius 1 is 1.33 bits per heavy atom. The summed E-state index contributed by atoms with van der Waals surface area (Å²) in [5.41, 5.74) is 8.14. The quantitative estimate of drug-likeness (QED) is 0.199. The summed E-state index contributed by atoms with van der Waals surface area (Å²) < 4.78 is 4.93. The average Bonchev–Trinajstić information content (AvgIpc) is 2.52. The highest BCUT2D eigenvalue weighted by molar-refractivity contribution is 7.80. The predicted octanol–water partition coefficient (Wildman–Crippen LogP) is 0.540. The number of nitrogens with one attached hydrogen (secondary N) is 1. The smallest absolute Gasteiger partial charge is 0.306 e. The van der Waals surface area contributed by atoms with Crippen LogP contribution < -0.4 is 11.2 Å². The van der Waals surface area contributed by atoms with Crippen LogP contribution in [0.2, 0.25) is 0 Å². The number of carboxylic acids is 1. The molecular weight excluding hydrogens is 340 g/mol. The van der Waals surface area contributed by atoms with Crippen molar-refractivity contribution in [3.8, 4) is 0 Å². The third-order valence-electron chi connectivity index (χ3n) is 2.63. The molecule has 1 rings (SSSR count). The average molecular weight is 354 g/mol. The zero-order valence-corrected chi connectivity index (χ0v) is 13.1. The van der Waals surface area contributed by atoms with E-state index in [2.05, 4.69) is 22.7 Å². The minimum atomic E-state index is -1.12. The summed E-state index contributed by atoms with van der Waals surface area (Å²) in [5, 5.41) is 22.9. The Balaban J connectivity index is 2.82. The molecule has 0 amide bonds. The SMILES string of the molecule is NC(=S)N/N=C(\COC(=O)CCC(=O)O)c1ccc([N+](=O)[O-])cc1. The summed E-state index contributed by atoms with van der Waals surface area (Å²) in [7, 11) is 0. The number of nitro benzene ring substituents is 1. The number of hydrogen-bond donors (Lipinski definition) is 3. The first-order chi connectivity index (χ1) is 11.3. The number of benzene rings is 1. The summed E-state index contributed by atoms with van der Waals surface area (Å²) in [5.74, 6) is -1.84. The molecular formula is C13H14N4O6S. The van der Waals surface area contributed by atoms with Crippen LogP contribution in [0, 0.1) is 10.1 Å². The van der Waals surface area contributed by atoms with Gasteiger partial charge in [0.2, 0.25) is 0 Å². The normalized spacial score (nSPS) is 10.8. The number of rotatable bonds is 8. The molecule has 11 heteroatoms. The van der Waals surface area contributed by atoms with Gasteiger partial charge in [0, 0.05) is 17.7 Å². The van der Waals surface area contributed by atoms with Crippen LogP contribution in [0.1, 0.15) is 18.4 Å². The van der Waals surface area contributed by atoms with Crippen LogP contribution in [0.5, 0.6) is 0 Å². The van der Waals surface area contributed by atoms with Gasteiger partial charge in [0.05, 0.1) is 17.8 Å². The molecule has 0 radical (unpaired) electrons. The Hall–Kier alpha value is -3.08. The first kappa shape index (κ1) is 19.0. The summed E-state index contributed by atoms with van der Waals surface area (Å²) in [6, 6.07) is 5.36. The standard InChI is InChI=1S/C13H14N4O6S/c14-13(24)16-15-10(7-23-12(20)6-5-11(18)19)8-1-3-9(4-2-8)17(21)22/h1-4H,5-7H2,(H,18,19)(H3,14,16,24)/b15-10+. The fourth-order valence-electron chi connectivity index (χ4n) is 1.51. The summed E-state index contributed by atoms with van der Waals surface area (Å²) in [6.07, 6.45) is -0.639. The predicted molar refractivity (Wildman–Crippen MR) is 87.4 cm³/mol. The molecule has 0 fully saturated rings. The van der Waals surface area contributed by atoms with E-state index in [9.17, 15) is 19.7 Å². The van der Waals surface area contributed by atoms with Gasteiger partial charge in [0.1, 0.15) is 12.3 Å². The maximum atomic E-state index is 11.5. The number of aliphatic carboxylic acids is 1. The Morgan fingerprint density at radius 3 is 2.46 bits per heavy atom. The number of thiocarbonyl (C=S) groups is 1. The Morgan fingerprint density at radius 2 is 1.96 bits per heavy atom. The molecule has 24 heavy (non-hydrogen) atoms. The van der Waals surface area contributed by atoms with E-state index in [1.165, 1.54) is 24.3 Å². The molecule has 0 saturated carbocycles. The molecule has 0 saturated heterocycles. The molecule has 1 aromatic carbocycles. The lowest BCUT2D eigenvalue weighted by Gasteiger charge is -2.08. The van der Waals surface area contributed by atoms with Gasteiger partial charge in [-0.25, -0.2) is 0 Å². The van der Waals surface area contributed by atoms with E-state index in [0.717, 1.165) is 0 Å². The van der Waals surface area contributed by atoms with Crippen molar-refractivity contribution in [1.82, 2.24) is 5.43 Å². The van der Waals surface area contributed by atoms with Gasteiger partial charge in [-0.3, -0.25) is 25.1 Å². The van der Waals surface area contributed by atoms with Gasteiger partial charge in [0.25, 0.3) is 5.69 Å². The molecule has 4 N–H and O–H groups in total. The molecule has 0 spiro atoms. The molecule has 0 aliphatic heterocycles. The monoisotopic (exact) mass is 354 g/mol. The van der Waals surface area contributed by atoms with Gasteiger partial charge in [-0.2, -0.15) is 5.10 Å². The van der Waals surface area contributed by atoms with Crippen LogP contribution in [0.4, 0.5) is 5.69 Å². The Kier molecular flexibility index (Phi) is 7.23. The zero-order valence-electron chi connectivity index (χ0n) is 12.3. The van der Waals surface area contributed by atoms with Crippen molar-refractivity contribution in [2.75, 3.05) is 6.61 Å². The topological polar surface area (TPSA) is 157 Å². The van der Waals surface area contributed by atoms with Crippen molar-refractivity contribution in [1.29, 1.82) is 0 Å². The van der Waals surface area contributed by atoms with Crippen molar-refractivity contribution >= 4 is 40.7 Å². The first-order valence-electron chi connectivity index (χ1n) is 6.54. The molecule has 0 aliphatic carbocycles. The van der Waals surface area contributed by atoms with Gasteiger partial charge in [-0.1, -0.05) is 0 Å². The summed E-state index contributed by atoms with van der Waals surface area (Å²) in [4.78, 5) is 32.0. The van der Waals surface area contributed by atoms with E-state index in [1.807, 2.05) is 0 Å². The molecule has 10 nitrogen and oxygen atoms in total. The number of nitrogens with two attached hydrogens (primary N) is 1. The third-order valence-corrected chi connectivity index (χ3v) is 2.72. The number of nitro groups is 1. The van der Waals surface area contributed by atoms with Crippen molar-refractivity contribution < 1.29 is 24.4 Å². The van der Waals surface area contributed by atoms with E-state index < -0.39 is 16.9 Å². The minimum Gasteiger partial charge on any atom is -0.481 e. The molecule has 0 aliphatic rings. The number of nitrogens with zero attached hydrogens (tertiary/aromatic N) is 2. The molecule has 0 unspecified atom stereocenters. The molecule has 0 heterocycles. The fourth-order valence-corrected chi connectivity index (χ4v) is 1.55. The Bertz CT molecular complexity index is 674. The number of ether oxygens (including phenoxy) is 1. The van der Waals surface area contributed by atoms with E-state index >= 15 is 0 Å². The van der Waals surface area contributed by atoms with E-state index in [0.29, 0.717) is 5.56 Å². The highest BCUT2D eigenvalue weighted by atomic mass is 32.1. The second kappa shape index (κ2) is 9.15. The number of hydrogen-bond acceptors (Lipinski definition) is 7. The van der Waals surface area contributed by atoms with Gasteiger partial charge < -0.3 is 15.6 Å². The van der Waals surface area contributed by atoms with Gasteiger partial charge >= 0.3 is 11.9 Å². The zero-order chi connectivity index (χ0) is 18.1. The fraction of sp³-hybridized carbons (Fsp3) is 0.231. The maximum absolute atomic E-state index is 11.5. The van der Waals surface area contributed by atoms with Crippen LogP contribution >= 0.6 is 12.2 Å². The van der Waals surface area contributed by atoms with E-state index in [-0.39, 0.29) is 36.0 Å². The summed E-state index contributed by atoms with van der Waals surface area (Å²) in [6.45, 7) is -0.286. The number of non-ortho nitro benzene ring substituents is 1. The van der Waals surface area contributed by atoms with Crippen LogP contribution in [0.25, 0.3) is 0 Å². The number of carbonyl (C=O) groups excluding carboxylic acids is 1. The lowest BCUT2D eigenvalue weighted by Crippen LogP contribution is -2.27. The van der Waals surface area contributed by atoms with Crippen LogP contribution in [0.3, 0.4) is 0 Å². The van der Waals surface area contributed by atoms with Gasteiger partial charge in [-0.15, -0.1) is 0 Å². The number of hydrazone groups is 1. The van der Waals surface area contributed by atoms with E-state index in [4.69, 9.17) is 15.6 Å². The largest absolute Gasteiger partial charge is 0.481 e. The van der Waals surface area contributed by atoms with Crippen molar-refractivity contribution in [2.24, 2.45) is 10.8 Å². The second-order valence-electron chi connectivity index (χ2n) is 4.39. The van der Waals surface area contributed by atoms with Crippen molar-refractivity contribution in [2.45, 2.75) is 12.8 Å². The molecule has 128 valence electrons. The molecule has 0 bridgehead atoms. The number of carboxylic acid groups (broad SMARTS) is 1. The number of esters is 1.